The first kappa shape index (κ1) is 17.5. The lowest BCUT2D eigenvalue weighted by Crippen LogP contribution is -2.21. The number of carbonyl (C=O) groups is 1. The first-order valence-corrected chi connectivity index (χ1v) is 8.90. The van der Waals surface area contributed by atoms with Crippen molar-refractivity contribution < 1.29 is 17.6 Å². The van der Waals surface area contributed by atoms with Crippen LogP contribution in [-0.2, 0) is 10.0 Å². The number of nitrogens with zero attached hydrogens (tertiary/aromatic N) is 2. The maximum absolute atomic E-state index is 12.5. The molecule has 0 saturated heterocycles. The lowest BCUT2D eigenvalue weighted by atomic mass is 10.1. The molecular formula is C17H14N4O4S. The summed E-state index contributed by atoms with van der Waals surface area (Å²) >= 11 is 0. The summed E-state index contributed by atoms with van der Waals surface area (Å²) in [5.74, 6) is -0.207. The highest BCUT2D eigenvalue weighted by Crippen LogP contribution is 2.20. The molecule has 8 nitrogen and oxygen atoms in total. The molecule has 1 amide bonds. The van der Waals surface area contributed by atoms with Crippen LogP contribution in [0.15, 0.2) is 64.7 Å². The van der Waals surface area contributed by atoms with Crippen molar-refractivity contribution in [3.05, 3.63) is 66.6 Å². The molecule has 0 spiro atoms. The van der Waals surface area contributed by atoms with Crippen molar-refractivity contribution >= 4 is 28.0 Å². The van der Waals surface area contributed by atoms with E-state index in [9.17, 15) is 13.2 Å². The van der Waals surface area contributed by atoms with Crippen molar-refractivity contribution in [3.8, 4) is 11.5 Å². The fraction of sp³-hybridized carbons (Fsp3) is 0. The van der Waals surface area contributed by atoms with Gasteiger partial charge in [-0.3, -0.25) is 10.1 Å². The van der Waals surface area contributed by atoms with Gasteiger partial charge >= 0.3 is 0 Å². The zero-order valence-corrected chi connectivity index (χ0v) is 14.2. The number of nitrogens with two attached hydrogens (primary N) is 1. The number of benzene rings is 1. The summed E-state index contributed by atoms with van der Waals surface area (Å²) < 4.78 is 28.9. The zero-order chi connectivity index (χ0) is 18.7. The first-order valence-electron chi connectivity index (χ1n) is 7.36. The smallest absolute Gasteiger partial charge is 0.259 e. The molecule has 0 unspecified atom stereocenters. The van der Waals surface area contributed by atoms with E-state index in [1.165, 1.54) is 30.7 Å². The Balaban J connectivity index is 1.94. The van der Waals surface area contributed by atoms with Gasteiger partial charge in [-0.05, 0) is 35.9 Å². The van der Waals surface area contributed by atoms with Crippen molar-refractivity contribution in [2.24, 2.45) is 5.14 Å². The van der Waals surface area contributed by atoms with E-state index in [0.717, 1.165) is 0 Å². The predicted molar refractivity (Wildman–Crippen MR) is 95.6 cm³/mol. The number of rotatable bonds is 5. The zero-order valence-electron chi connectivity index (χ0n) is 13.4. The molecule has 2 aromatic heterocycles. The fourth-order valence-electron chi connectivity index (χ4n) is 2.24. The number of anilines is 1. The van der Waals surface area contributed by atoms with Gasteiger partial charge in [0.2, 0.25) is 16.0 Å². The summed E-state index contributed by atoms with van der Waals surface area (Å²) in [5, 5.41) is 7.68. The molecule has 0 fully saturated rings. The molecule has 132 valence electrons. The van der Waals surface area contributed by atoms with Crippen LogP contribution in [0.3, 0.4) is 0 Å². The predicted octanol–water partition coefficient (Wildman–Crippen LogP) is 2.28. The van der Waals surface area contributed by atoms with E-state index in [2.05, 4.69) is 21.9 Å². The van der Waals surface area contributed by atoms with Gasteiger partial charge in [-0.1, -0.05) is 18.7 Å². The average molecular weight is 370 g/mol. The van der Waals surface area contributed by atoms with Crippen molar-refractivity contribution in [1.82, 2.24) is 9.97 Å². The average Bonchev–Trinajstić information content (AvgIpc) is 3.15. The number of hydrogen-bond acceptors (Lipinski definition) is 6. The Morgan fingerprint density at radius 3 is 2.73 bits per heavy atom. The molecular weight excluding hydrogens is 356 g/mol. The number of hydrogen-bond donors (Lipinski definition) is 2. The largest absolute Gasteiger partial charge is 0.463 e. The van der Waals surface area contributed by atoms with Crippen LogP contribution < -0.4 is 10.5 Å². The Kier molecular flexibility index (Phi) is 4.65. The fourth-order valence-corrected chi connectivity index (χ4v) is 3.01. The number of nitrogens with one attached hydrogen (secondary N) is 1. The standard InChI is InChI=1S/C17H14N4O4S/c1-2-11-5-6-12(15(10-11)26(18,23)24)16(22)21-17-19-8-7-13(20-17)14-4-3-9-25-14/h2-10H,1H2,(H2,18,23,24)(H,19,20,21,22). The van der Waals surface area contributed by atoms with Crippen LogP contribution in [0.5, 0.6) is 0 Å². The monoisotopic (exact) mass is 370 g/mol. The van der Waals surface area contributed by atoms with E-state index >= 15 is 0 Å². The summed E-state index contributed by atoms with van der Waals surface area (Å²) in [6.07, 6.45) is 4.39. The van der Waals surface area contributed by atoms with E-state index in [1.54, 1.807) is 24.3 Å². The minimum atomic E-state index is -4.11. The van der Waals surface area contributed by atoms with Crippen molar-refractivity contribution in [2.75, 3.05) is 5.32 Å². The molecule has 2 heterocycles. The maximum atomic E-state index is 12.5. The summed E-state index contributed by atoms with van der Waals surface area (Å²) in [6.45, 7) is 3.57. The van der Waals surface area contributed by atoms with Gasteiger partial charge in [0.05, 0.1) is 16.7 Å². The molecule has 26 heavy (non-hydrogen) atoms. The minimum absolute atomic E-state index is 0.00272. The summed E-state index contributed by atoms with van der Waals surface area (Å²) in [5.41, 5.74) is 0.862. The van der Waals surface area contributed by atoms with Crippen molar-refractivity contribution in [2.45, 2.75) is 4.90 Å². The molecule has 3 aromatic rings. The maximum Gasteiger partial charge on any atom is 0.259 e. The number of aromatic nitrogens is 2. The molecule has 0 aliphatic carbocycles. The third-order valence-electron chi connectivity index (χ3n) is 3.45. The highest BCUT2D eigenvalue weighted by molar-refractivity contribution is 7.89. The van der Waals surface area contributed by atoms with Gasteiger partial charge in [0.1, 0.15) is 5.69 Å². The van der Waals surface area contributed by atoms with Gasteiger partial charge in [0, 0.05) is 6.20 Å². The number of primary sulfonamides is 1. The van der Waals surface area contributed by atoms with Gasteiger partial charge in [-0.25, -0.2) is 23.5 Å². The molecule has 3 rings (SSSR count). The summed E-state index contributed by atoms with van der Waals surface area (Å²) in [6, 6.07) is 9.20. The molecule has 0 aliphatic heterocycles. The van der Waals surface area contributed by atoms with E-state index in [0.29, 0.717) is 17.0 Å². The molecule has 0 bridgehead atoms. The van der Waals surface area contributed by atoms with Crippen LogP contribution in [0.25, 0.3) is 17.5 Å². The van der Waals surface area contributed by atoms with Crippen molar-refractivity contribution in [1.29, 1.82) is 0 Å². The number of sulfonamides is 1. The third-order valence-corrected chi connectivity index (χ3v) is 4.40. The van der Waals surface area contributed by atoms with Crippen LogP contribution in [0.4, 0.5) is 5.95 Å². The second kappa shape index (κ2) is 6.90. The molecule has 1 aromatic carbocycles. The Bertz CT molecular complexity index is 1080. The van der Waals surface area contributed by atoms with E-state index in [4.69, 9.17) is 9.56 Å². The topological polar surface area (TPSA) is 128 Å². The Hall–Kier alpha value is -3.30. The second-order valence-corrected chi connectivity index (χ2v) is 6.73. The molecule has 0 radical (unpaired) electrons. The van der Waals surface area contributed by atoms with Crippen molar-refractivity contribution in [3.63, 3.8) is 0 Å². The van der Waals surface area contributed by atoms with Gasteiger partial charge in [-0.2, -0.15) is 0 Å². The summed E-state index contributed by atoms with van der Waals surface area (Å²) in [4.78, 5) is 20.3. The molecule has 0 saturated carbocycles. The van der Waals surface area contributed by atoms with Crippen LogP contribution in [0.1, 0.15) is 15.9 Å². The SMILES string of the molecule is C=Cc1ccc(C(=O)Nc2nccc(-c3ccco3)n2)c(S(N)(=O)=O)c1. The Morgan fingerprint density at radius 1 is 1.27 bits per heavy atom. The van der Waals surface area contributed by atoms with E-state index in [1.807, 2.05) is 0 Å². The highest BCUT2D eigenvalue weighted by atomic mass is 32.2. The molecule has 0 aliphatic rings. The molecule has 0 atom stereocenters. The molecule has 3 N–H and O–H groups in total. The quantitative estimate of drug-likeness (QED) is 0.709. The van der Waals surface area contributed by atoms with Gasteiger partial charge in [-0.15, -0.1) is 0 Å². The van der Waals surface area contributed by atoms with E-state index < -0.39 is 15.9 Å². The van der Waals surface area contributed by atoms with Gasteiger partial charge in [0.15, 0.2) is 5.76 Å². The lowest BCUT2D eigenvalue weighted by molar-refractivity contribution is 0.102. The number of furan rings is 1. The van der Waals surface area contributed by atoms with Gasteiger partial charge < -0.3 is 4.42 Å². The molecule has 9 heteroatoms. The number of amides is 1. The van der Waals surface area contributed by atoms with Crippen LogP contribution in [-0.4, -0.2) is 24.3 Å². The minimum Gasteiger partial charge on any atom is -0.463 e. The Labute approximate surface area is 149 Å². The second-order valence-electron chi connectivity index (χ2n) is 5.20. The van der Waals surface area contributed by atoms with Crippen LogP contribution in [0, 0.1) is 0 Å². The van der Waals surface area contributed by atoms with Crippen LogP contribution in [0.2, 0.25) is 0 Å². The number of carbonyl (C=O) groups excluding carboxylic acids is 1. The van der Waals surface area contributed by atoms with Crippen LogP contribution >= 0.6 is 0 Å². The lowest BCUT2D eigenvalue weighted by Gasteiger charge is -2.09. The first-order chi connectivity index (χ1) is 12.4. The van der Waals surface area contributed by atoms with E-state index in [-0.39, 0.29) is 16.4 Å². The highest BCUT2D eigenvalue weighted by Gasteiger charge is 2.20. The normalized spacial score (nSPS) is 11.1. The summed E-state index contributed by atoms with van der Waals surface area (Å²) in [7, 11) is -4.11. The van der Waals surface area contributed by atoms with Gasteiger partial charge in [0.25, 0.3) is 5.91 Å². The Morgan fingerprint density at radius 2 is 2.08 bits per heavy atom. The third kappa shape index (κ3) is 3.68.